The predicted octanol–water partition coefficient (Wildman–Crippen LogP) is 1.08. The fraction of sp³-hybridized carbons (Fsp3) is 0.389. The SMILES string of the molecule is CCCCN1C(=O)c2ccc(C(=O)O[C@H](C)C(=O)NC(=O)NC)cc2C1=O. The van der Waals surface area contributed by atoms with E-state index in [0.29, 0.717) is 13.0 Å². The van der Waals surface area contributed by atoms with Gasteiger partial charge in [-0.15, -0.1) is 0 Å². The molecule has 1 aromatic carbocycles. The number of benzene rings is 1. The van der Waals surface area contributed by atoms with E-state index in [0.717, 1.165) is 11.3 Å². The van der Waals surface area contributed by atoms with Gasteiger partial charge in [-0.05, 0) is 31.5 Å². The van der Waals surface area contributed by atoms with Crippen molar-refractivity contribution in [3.8, 4) is 0 Å². The van der Waals surface area contributed by atoms with E-state index in [1.165, 1.54) is 32.2 Å². The fourth-order valence-electron chi connectivity index (χ4n) is 2.50. The summed E-state index contributed by atoms with van der Waals surface area (Å²) < 4.78 is 5.02. The number of amides is 5. The van der Waals surface area contributed by atoms with Crippen molar-refractivity contribution < 1.29 is 28.7 Å². The molecule has 0 saturated heterocycles. The molecular formula is C18H21N3O6. The first-order valence-corrected chi connectivity index (χ1v) is 8.54. The monoisotopic (exact) mass is 375 g/mol. The van der Waals surface area contributed by atoms with E-state index < -0.39 is 29.9 Å². The molecule has 0 aliphatic carbocycles. The zero-order valence-corrected chi connectivity index (χ0v) is 15.3. The molecular weight excluding hydrogens is 354 g/mol. The summed E-state index contributed by atoms with van der Waals surface area (Å²) in [6.45, 7) is 3.58. The van der Waals surface area contributed by atoms with E-state index >= 15 is 0 Å². The van der Waals surface area contributed by atoms with E-state index in [4.69, 9.17) is 4.74 Å². The molecule has 9 heteroatoms. The predicted molar refractivity (Wildman–Crippen MR) is 94.2 cm³/mol. The highest BCUT2D eigenvalue weighted by Crippen LogP contribution is 2.24. The molecule has 1 aromatic rings. The Labute approximate surface area is 156 Å². The lowest BCUT2D eigenvalue weighted by Crippen LogP contribution is -2.43. The largest absolute Gasteiger partial charge is 0.449 e. The van der Waals surface area contributed by atoms with Gasteiger partial charge in [0.05, 0.1) is 16.7 Å². The highest BCUT2D eigenvalue weighted by Gasteiger charge is 2.35. The summed E-state index contributed by atoms with van der Waals surface area (Å²) in [7, 11) is 1.34. The van der Waals surface area contributed by atoms with Gasteiger partial charge in [0.15, 0.2) is 6.10 Å². The number of urea groups is 1. The number of unbranched alkanes of at least 4 members (excludes halogenated alkanes) is 1. The Hall–Kier alpha value is -3.23. The Morgan fingerprint density at radius 1 is 1.15 bits per heavy atom. The maximum absolute atomic E-state index is 12.4. The van der Waals surface area contributed by atoms with Crippen molar-refractivity contribution in [2.75, 3.05) is 13.6 Å². The first kappa shape index (κ1) is 20.1. The Morgan fingerprint density at radius 3 is 2.44 bits per heavy atom. The molecule has 1 aliphatic heterocycles. The van der Waals surface area contributed by atoms with Crippen molar-refractivity contribution in [3.63, 3.8) is 0 Å². The minimum absolute atomic E-state index is 0.0341. The number of fused-ring (bicyclic) bond motifs is 1. The quantitative estimate of drug-likeness (QED) is 0.567. The Kier molecular flexibility index (Phi) is 6.27. The molecule has 1 heterocycles. The van der Waals surface area contributed by atoms with Crippen LogP contribution in [0.4, 0.5) is 4.79 Å². The summed E-state index contributed by atoms with van der Waals surface area (Å²) in [5, 5.41) is 4.20. The lowest BCUT2D eigenvalue weighted by atomic mass is 10.1. The smallest absolute Gasteiger partial charge is 0.338 e. The fourth-order valence-corrected chi connectivity index (χ4v) is 2.50. The van der Waals surface area contributed by atoms with E-state index in [9.17, 15) is 24.0 Å². The highest BCUT2D eigenvalue weighted by atomic mass is 16.5. The van der Waals surface area contributed by atoms with Crippen LogP contribution in [0.1, 0.15) is 57.8 Å². The Morgan fingerprint density at radius 2 is 1.81 bits per heavy atom. The first-order valence-electron chi connectivity index (χ1n) is 8.54. The van der Waals surface area contributed by atoms with Gasteiger partial charge >= 0.3 is 12.0 Å². The third-order valence-corrected chi connectivity index (χ3v) is 4.06. The van der Waals surface area contributed by atoms with Gasteiger partial charge in [-0.3, -0.25) is 24.6 Å². The lowest BCUT2D eigenvalue weighted by Gasteiger charge is -2.13. The first-order chi connectivity index (χ1) is 12.8. The van der Waals surface area contributed by atoms with Crippen LogP contribution in [0.5, 0.6) is 0 Å². The van der Waals surface area contributed by atoms with Gasteiger partial charge in [0, 0.05) is 13.6 Å². The average molecular weight is 375 g/mol. The van der Waals surface area contributed by atoms with Crippen LogP contribution >= 0.6 is 0 Å². The zero-order chi connectivity index (χ0) is 20.1. The molecule has 0 fully saturated rings. The third-order valence-electron chi connectivity index (χ3n) is 4.06. The van der Waals surface area contributed by atoms with Gasteiger partial charge in [0.25, 0.3) is 17.7 Å². The summed E-state index contributed by atoms with van der Waals surface area (Å²) in [6.07, 6.45) is 0.306. The molecule has 0 bridgehead atoms. The van der Waals surface area contributed by atoms with Crippen LogP contribution in [0.2, 0.25) is 0 Å². The van der Waals surface area contributed by atoms with Crippen molar-refractivity contribution in [2.24, 2.45) is 0 Å². The lowest BCUT2D eigenvalue weighted by molar-refractivity contribution is -0.127. The van der Waals surface area contributed by atoms with Gasteiger partial charge in [0.2, 0.25) is 0 Å². The second kappa shape index (κ2) is 8.43. The van der Waals surface area contributed by atoms with E-state index in [-0.39, 0.29) is 22.6 Å². The second-order valence-electron chi connectivity index (χ2n) is 5.99. The van der Waals surface area contributed by atoms with Crippen molar-refractivity contribution in [2.45, 2.75) is 32.8 Å². The maximum atomic E-state index is 12.4. The molecule has 1 aliphatic rings. The zero-order valence-electron chi connectivity index (χ0n) is 15.3. The van der Waals surface area contributed by atoms with Crippen molar-refractivity contribution in [1.29, 1.82) is 0 Å². The van der Waals surface area contributed by atoms with E-state index in [1.54, 1.807) is 0 Å². The number of imide groups is 2. The number of carbonyl (C=O) groups excluding carboxylic acids is 5. The minimum Gasteiger partial charge on any atom is -0.449 e. The summed E-state index contributed by atoms with van der Waals surface area (Å²) in [5.41, 5.74) is 0.401. The van der Waals surface area contributed by atoms with Gasteiger partial charge in [0.1, 0.15) is 0 Å². The van der Waals surface area contributed by atoms with Gasteiger partial charge in [-0.2, -0.15) is 0 Å². The molecule has 2 N–H and O–H groups in total. The van der Waals surface area contributed by atoms with Crippen LogP contribution in [-0.4, -0.2) is 54.3 Å². The molecule has 5 amide bonds. The van der Waals surface area contributed by atoms with Crippen LogP contribution < -0.4 is 10.6 Å². The van der Waals surface area contributed by atoms with Crippen LogP contribution in [0.15, 0.2) is 18.2 Å². The topological polar surface area (TPSA) is 122 Å². The normalized spacial score (nSPS) is 13.8. The third kappa shape index (κ3) is 4.30. The molecule has 1 atom stereocenters. The van der Waals surface area contributed by atoms with Crippen molar-refractivity contribution in [1.82, 2.24) is 15.5 Å². The second-order valence-corrected chi connectivity index (χ2v) is 5.99. The molecule has 0 unspecified atom stereocenters. The Bertz CT molecular complexity index is 804. The number of hydrogen-bond donors (Lipinski definition) is 2. The molecule has 2 rings (SSSR count). The molecule has 0 saturated carbocycles. The van der Waals surface area contributed by atoms with Crippen molar-refractivity contribution in [3.05, 3.63) is 34.9 Å². The average Bonchev–Trinajstić information content (AvgIpc) is 2.89. The van der Waals surface area contributed by atoms with Crippen LogP contribution in [0, 0.1) is 0 Å². The standard InChI is InChI=1S/C18H21N3O6/c1-4-5-8-21-15(23)12-7-6-11(9-13(12)16(21)24)17(25)27-10(2)14(22)20-18(26)19-3/h6-7,9-10H,4-5,8H2,1-3H3,(H2,19,20,22,26)/t10-/m1/s1. The highest BCUT2D eigenvalue weighted by molar-refractivity contribution is 6.22. The maximum Gasteiger partial charge on any atom is 0.338 e. The van der Waals surface area contributed by atoms with E-state index in [1.807, 2.05) is 12.2 Å². The molecule has 0 spiro atoms. The van der Waals surface area contributed by atoms with Crippen LogP contribution in [-0.2, 0) is 9.53 Å². The molecule has 144 valence electrons. The molecule has 0 radical (unpaired) electrons. The number of rotatable bonds is 6. The number of ether oxygens (including phenoxy) is 1. The van der Waals surface area contributed by atoms with Gasteiger partial charge in [-0.1, -0.05) is 13.3 Å². The Balaban J connectivity index is 2.11. The van der Waals surface area contributed by atoms with Crippen molar-refractivity contribution >= 4 is 29.7 Å². The summed E-state index contributed by atoms with van der Waals surface area (Å²) in [5.74, 6) is -2.48. The van der Waals surface area contributed by atoms with Gasteiger partial charge in [-0.25, -0.2) is 9.59 Å². The van der Waals surface area contributed by atoms with E-state index in [2.05, 4.69) is 5.32 Å². The molecule has 9 nitrogen and oxygen atoms in total. The number of esters is 1. The number of carbonyl (C=O) groups is 5. The van der Waals surface area contributed by atoms with Crippen LogP contribution in [0.3, 0.4) is 0 Å². The number of nitrogens with one attached hydrogen (secondary N) is 2. The van der Waals surface area contributed by atoms with Crippen LogP contribution in [0.25, 0.3) is 0 Å². The number of hydrogen-bond acceptors (Lipinski definition) is 6. The summed E-state index contributed by atoms with van der Waals surface area (Å²) >= 11 is 0. The number of nitrogens with zero attached hydrogens (tertiary/aromatic N) is 1. The minimum atomic E-state index is -1.22. The molecule has 27 heavy (non-hydrogen) atoms. The molecule has 0 aromatic heterocycles. The summed E-state index contributed by atoms with van der Waals surface area (Å²) in [4.78, 5) is 61.0. The summed E-state index contributed by atoms with van der Waals surface area (Å²) in [6, 6.07) is 3.32. The van der Waals surface area contributed by atoms with Gasteiger partial charge < -0.3 is 10.1 Å².